The lowest BCUT2D eigenvalue weighted by Gasteiger charge is -2.31. The zero-order valence-corrected chi connectivity index (χ0v) is 15.7. The van der Waals surface area contributed by atoms with Gasteiger partial charge in [0.1, 0.15) is 0 Å². The molecule has 0 unspecified atom stereocenters. The van der Waals surface area contributed by atoms with E-state index in [4.69, 9.17) is 0 Å². The van der Waals surface area contributed by atoms with Gasteiger partial charge in [0.15, 0.2) is 0 Å². The van der Waals surface area contributed by atoms with Crippen LogP contribution in [-0.4, -0.2) is 10.7 Å². The molecule has 0 spiro atoms. The second kappa shape index (κ2) is 5.89. The number of benzene rings is 2. The lowest BCUT2D eigenvalue weighted by Crippen LogP contribution is -2.26. The quantitative estimate of drug-likeness (QED) is 0.534. The molecule has 1 aliphatic rings. The van der Waals surface area contributed by atoms with Crippen LogP contribution in [0.5, 0.6) is 0 Å². The van der Waals surface area contributed by atoms with Crippen LogP contribution >= 0.6 is 31.9 Å². The van der Waals surface area contributed by atoms with Crippen LogP contribution in [0, 0.1) is 13.8 Å². The monoisotopic (exact) mass is 406 g/mol. The Bertz CT molecular complexity index is 614. The van der Waals surface area contributed by atoms with E-state index in [2.05, 4.69) is 82.1 Å². The van der Waals surface area contributed by atoms with Crippen molar-refractivity contribution in [2.75, 3.05) is 10.7 Å². The van der Waals surface area contributed by atoms with Gasteiger partial charge in [-0.05, 0) is 48.9 Å². The van der Waals surface area contributed by atoms with Crippen molar-refractivity contribution in [3.8, 4) is 11.1 Å². The summed E-state index contributed by atoms with van der Waals surface area (Å²) in [5.74, 6) is 0. The summed E-state index contributed by atoms with van der Waals surface area (Å²) >= 11 is 7.38. The van der Waals surface area contributed by atoms with Crippen LogP contribution in [0.2, 0.25) is 0 Å². The summed E-state index contributed by atoms with van der Waals surface area (Å²) < 4.78 is 0. The first-order valence-electron chi connectivity index (χ1n) is 7.47. The third kappa shape index (κ3) is 2.41. The van der Waals surface area contributed by atoms with Gasteiger partial charge in [-0.15, -0.1) is 0 Å². The molecule has 0 fully saturated rings. The molecule has 0 nitrogen and oxygen atoms in total. The standard InChI is InChI=1S/C19H20Br2/c1-13-3-5-15-16-6-4-14(2)12-18(16)19(7-9-20,8-10-21)17(15)11-13/h3-6,11-12H,7-10H2,1-2H3. The summed E-state index contributed by atoms with van der Waals surface area (Å²) in [5, 5.41) is 2.06. The molecule has 110 valence electrons. The smallest absolute Gasteiger partial charge is 0.0231 e. The Balaban J connectivity index is 2.32. The van der Waals surface area contributed by atoms with Gasteiger partial charge >= 0.3 is 0 Å². The summed E-state index contributed by atoms with van der Waals surface area (Å²) in [6.07, 6.45) is 2.29. The lowest BCUT2D eigenvalue weighted by atomic mass is 9.73. The highest BCUT2D eigenvalue weighted by Crippen LogP contribution is 2.53. The van der Waals surface area contributed by atoms with Crippen molar-refractivity contribution in [2.24, 2.45) is 0 Å². The molecule has 0 saturated heterocycles. The molecular weight excluding hydrogens is 388 g/mol. The summed E-state index contributed by atoms with van der Waals surface area (Å²) in [6.45, 7) is 4.39. The van der Waals surface area contributed by atoms with Crippen LogP contribution in [0.15, 0.2) is 36.4 Å². The fraction of sp³-hybridized carbons (Fsp3) is 0.368. The molecule has 0 radical (unpaired) electrons. The minimum Gasteiger partial charge on any atom is -0.0928 e. The maximum atomic E-state index is 3.69. The van der Waals surface area contributed by atoms with E-state index in [-0.39, 0.29) is 5.41 Å². The number of aryl methyl sites for hydroxylation is 2. The summed E-state index contributed by atoms with van der Waals surface area (Å²) in [6, 6.07) is 13.9. The van der Waals surface area contributed by atoms with Gasteiger partial charge in [0.2, 0.25) is 0 Å². The van der Waals surface area contributed by atoms with Gasteiger partial charge in [-0.2, -0.15) is 0 Å². The fourth-order valence-electron chi connectivity index (χ4n) is 3.71. The molecule has 0 heterocycles. The van der Waals surface area contributed by atoms with Crippen LogP contribution < -0.4 is 0 Å². The number of halogens is 2. The zero-order chi connectivity index (χ0) is 15.0. The van der Waals surface area contributed by atoms with E-state index in [9.17, 15) is 0 Å². The molecule has 0 aromatic heterocycles. The molecule has 0 atom stereocenters. The molecule has 2 aromatic rings. The minimum atomic E-state index is 0.149. The maximum Gasteiger partial charge on any atom is 0.0231 e. The van der Waals surface area contributed by atoms with Gasteiger partial charge in [0.25, 0.3) is 0 Å². The molecule has 21 heavy (non-hydrogen) atoms. The molecule has 0 amide bonds. The summed E-state index contributed by atoms with van der Waals surface area (Å²) in [4.78, 5) is 0. The first-order chi connectivity index (χ1) is 10.1. The minimum absolute atomic E-state index is 0.149. The Morgan fingerprint density at radius 2 is 1.19 bits per heavy atom. The van der Waals surface area contributed by atoms with Crippen LogP contribution in [0.1, 0.15) is 35.1 Å². The third-order valence-electron chi connectivity index (χ3n) is 4.71. The van der Waals surface area contributed by atoms with E-state index in [1.807, 2.05) is 0 Å². The van der Waals surface area contributed by atoms with Crippen molar-refractivity contribution in [2.45, 2.75) is 32.1 Å². The summed E-state index contributed by atoms with van der Waals surface area (Å²) in [7, 11) is 0. The topological polar surface area (TPSA) is 0 Å². The molecule has 0 N–H and O–H groups in total. The van der Waals surface area contributed by atoms with E-state index in [0.29, 0.717) is 0 Å². The highest BCUT2D eigenvalue weighted by atomic mass is 79.9. The largest absolute Gasteiger partial charge is 0.0928 e. The molecule has 0 saturated carbocycles. The van der Waals surface area contributed by atoms with Crippen molar-refractivity contribution >= 4 is 31.9 Å². The molecule has 1 aliphatic carbocycles. The van der Waals surface area contributed by atoms with E-state index >= 15 is 0 Å². The van der Waals surface area contributed by atoms with Crippen LogP contribution in [-0.2, 0) is 5.41 Å². The Kier molecular flexibility index (Phi) is 4.29. The number of rotatable bonds is 4. The lowest BCUT2D eigenvalue weighted by molar-refractivity contribution is 0.501. The second-order valence-corrected chi connectivity index (χ2v) is 7.64. The Morgan fingerprint density at radius 3 is 1.57 bits per heavy atom. The first-order valence-corrected chi connectivity index (χ1v) is 9.71. The average molecular weight is 408 g/mol. The van der Waals surface area contributed by atoms with Crippen LogP contribution in [0.4, 0.5) is 0 Å². The van der Waals surface area contributed by atoms with Gasteiger partial charge in [-0.1, -0.05) is 79.4 Å². The van der Waals surface area contributed by atoms with Crippen molar-refractivity contribution in [3.05, 3.63) is 58.7 Å². The highest BCUT2D eigenvalue weighted by Gasteiger charge is 2.41. The van der Waals surface area contributed by atoms with E-state index in [0.717, 1.165) is 23.5 Å². The van der Waals surface area contributed by atoms with Gasteiger partial charge in [0, 0.05) is 16.1 Å². The van der Waals surface area contributed by atoms with Crippen molar-refractivity contribution in [3.63, 3.8) is 0 Å². The zero-order valence-electron chi connectivity index (χ0n) is 12.5. The van der Waals surface area contributed by atoms with Gasteiger partial charge in [0.05, 0.1) is 0 Å². The molecule has 2 aromatic carbocycles. The molecule has 0 bridgehead atoms. The van der Waals surface area contributed by atoms with Crippen LogP contribution in [0.3, 0.4) is 0 Å². The van der Waals surface area contributed by atoms with Crippen molar-refractivity contribution < 1.29 is 0 Å². The first kappa shape index (κ1) is 15.3. The molecular formula is C19H20Br2. The Hall–Kier alpha value is -0.600. The fourth-order valence-corrected chi connectivity index (χ4v) is 5.06. The molecule has 3 rings (SSSR count). The SMILES string of the molecule is Cc1ccc2c(c1)C(CCBr)(CCBr)c1cc(C)ccc1-2. The predicted molar refractivity (Wildman–Crippen MR) is 99.0 cm³/mol. The Labute approximate surface area is 144 Å². The summed E-state index contributed by atoms with van der Waals surface area (Å²) in [5.41, 5.74) is 8.74. The highest BCUT2D eigenvalue weighted by molar-refractivity contribution is 9.09. The second-order valence-electron chi connectivity index (χ2n) is 6.06. The number of fused-ring (bicyclic) bond motifs is 3. The van der Waals surface area contributed by atoms with Gasteiger partial charge in [-0.3, -0.25) is 0 Å². The van der Waals surface area contributed by atoms with E-state index < -0.39 is 0 Å². The Morgan fingerprint density at radius 1 is 0.762 bits per heavy atom. The van der Waals surface area contributed by atoms with Gasteiger partial charge in [-0.25, -0.2) is 0 Å². The predicted octanol–water partition coefficient (Wildman–Crippen LogP) is 6.14. The number of hydrogen-bond acceptors (Lipinski definition) is 0. The van der Waals surface area contributed by atoms with Crippen molar-refractivity contribution in [1.82, 2.24) is 0 Å². The van der Waals surface area contributed by atoms with Crippen LogP contribution in [0.25, 0.3) is 11.1 Å². The molecule has 2 heteroatoms. The number of hydrogen-bond donors (Lipinski definition) is 0. The third-order valence-corrected chi connectivity index (χ3v) is 5.51. The average Bonchev–Trinajstić information content (AvgIpc) is 2.70. The number of alkyl halides is 2. The maximum absolute atomic E-state index is 3.69. The van der Waals surface area contributed by atoms with E-state index in [1.165, 1.54) is 33.4 Å². The normalized spacial score (nSPS) is 14.9. The van der Waals surface area contributed by atoms with E-state index in [1.54, 1.807) is 0 Å². The van der Waals surface area contributed by atoms with Crippen molar-refractivity contribution in [1.29, 1.82) is 0 Å². The molecule has 0 aliphatic heterocycles. The van der Waals surface area contributed by atoms with Gasteiger partial charge < -0.3 is 0 Å².